The molecular weight excluding hydrogens is 525 g/mol. The number of nitrogens with zero attached hydrogens (tertiary/aromatic N) is 1. The largest absolute Gasteiger partial charge is 1.00 e. The van der Waals surface area contributed by atoms with Gasteiger partial charge in [-0.1, -0.05) is 6.07 Å². The van der Waals surface area contributed by atoms with E-state index in [0.29, 0.717) is 7.98 Å². The van der Waals surface area contributed by atoms with Gasteiger partial charge in [-0.05, 0) is 12.1 Å². The van der Waals surface area contributed by atoms with E-state index in [1.807, 2.05) is 18.2 Å². The molecule has 0 aliphatic heterocycles. The monoisotopic (exact) mass is 531 g/mol. The molecule has 0 fully saturated rings. The average Bonchev–Trinajstić information content (AvgIpc) is 2.29. The Morgan fingerprint density at radius 1 is 0.842 bits per heavy atom. The van der Waals surface area contributed by atoms with Crippen LogP contribution in [0.25, 0.3) is 0 Å². The Morgan fingerprint density at radius 3 is 1.63 bits per heavy atom. The van der Waals surface area contributed by atoms with Gasteiger partial charge in [0, 0.05) is 12.4 Å². The van der Waals surface area contributed by atoms with E-state index >= 15 is 0 Å². The van der Waals surface area contributed by atoms with Gasteiger partial charge in [0.25, 0.3) is 0 Å². The number of hydrogen-bond acceptors (Lipinski definition) is 1. The van der Waals surface area contributed by atoms with Crippen LogP contribution in [0.1, 0.15) is 1.43 Å². The van der Waals surface area contributed by atoms with Gasteiger partial charge in [-0.15, -0.1) is 0 Å². The minimum absolute atomic E-state index is 0. The van der Waals surface area contributed by atoms with Gasteiger partial charge in [-0.25, -0.2) is 0 Å². The van der Waals surface area contributed by atoms with Crippen molar-refractivity contribution in [3.8, 4) is 0 Å². The van der Waals surface area contributed by atoms with Crippen molar-refractivity contribution in [1.82, 2.24) is 4.98 Å². The predicted octanol–water partition coefficient (Wildman–Crippen LogP) is 5.88. The predicted molar refractivity (Wildman–Crippen MR) is 94.1 cm³/mol. The first kappa shape index (κ1) is 18.2. The van der Waals surface area contributed by atoms with Crippen molar-refractivity contribution < 1.29 is 1.43 Å². The number of pyridine rings is 1. The van der Waals surface area contributed by atoms with E-state index in [0.717, 1.165) is 0 Å². The molecule has 2 aromatic rings. The molecule has 1 heterocycles. The third-order valence-electron chi connectivity index (χ3n) is 1.87. The number of benzene rings is 1. The Hall–Kier alpha value is 1.12. The van der Waals surface area contributed by atoms with Crippen molar-refractivity contribution in [2.45, 2.75) is 0 Å². The van der Waals surface area contributed by atoms with Crippen LogP contribution < -0.4 is 3.51 Å². The Labute approximate surface area is 138 Å². The number of halogens is 6. The summed E-state index contributed by atoms with van der Waals surface area (Å²) in [6, 6.07) is 12.5. The van der Waals surface area contributed by atoms with Crippen molar-refractivity contribution in [1.29, 1.82) is 0 Å². The SMILES string of the molecule is [Cl][Sb-]([Cl])([Cl])([Cl])([Cl])[c]1ccccc1Br.[H+].c1ccncc1. The molecule has 0 bridgehead atoms. The third kappa shape index (κ3) is 7.09. The summed E-state index contributed by atoms with van der Waals surface area (Å²) in [5.41, 5.74) is 0. The molecule has 0 aliphatic rings. The van der Waals surface area contributed by atoms with Gasteiger partial charge in [0.15, 0.2) is 0 Å². The maximum Gasteiger partial charge on any atom is 1.00 e. The van der Waals surface area contributed by atoms with Crippen LogP contribution in [0.5, 0.6) is 0 Å². The molecule has 2 rings (SSSR count). The normalized spacial score (nSPS) is 14.6. The van der Waals surface area contributed by atoms with Crippen LogP contribution in [0, 0.1) is 0 Å². The fourth-order valence-corrected chi connectivity index (χ4v) is 15.1. The van der Waals surface area contributed by atoms with Crippen LogP contribution in [-0.2, 0) is 0 Å². The summed E-state index contributed by atoms with van der Waals surface area (Å²) in [4.78, 5) is 3.78. The fraction of sp³-hybridized carbons (Fsp3) is 0. The summed E-state index contributed by atoms with van der Waals surface area (Å²) in [5.74, 6) is 0. The summed E-state index contributed by atoms with van der Waals surface area (Å²) in [6.07, 6.45) is 3.50. The first-order valence-corrected chi connectivity index (χ1v) is 23.2. The Kier molecular flexibility index (Phi) is 5.82. The smallest absolute Gasteiger partial charge is 0.265 e. The van der Waals surface area contributed by atoms with Crippen LogP contribution in [0.4, 0.5) is 0 Å². The quantitative estimate of drug-likeness (QED) is 0.416. The van der Waals surface area contributed by atoms with Crippen LogP contribution in [-0.4, -0.2) is 15.3 Å². The summed E-state index contributed by atoms with van der Waals surface area (Å²) in [6.45, 7) is 0. The van der Waals surface area contributed by atoms with E-state index in [9.17, 15) is 0 Å². The first-order valence-electron chi connectivity index (χ1n) is 4.93. The molecule has 1 aromatic carbocycles. The molecule has 0 amide bonds. The molecule has 0 aliphatic carbocycles. The minimum Gasteiger partial charge on any atom is -0.265 e. The molecule has 0 saturated heterocycles. The second kappa shape index (κ2) is 6.08. The number of hydrogen-bond donors (Lipinski definition) is 0. The van der Waals surface area contributed by atoms with E-state index in [2.05, 4.69) is 20.9 Å². The molecule has 0 atom stereocenters. The van der Waals surface area contributed by atoms with Gasteiger partial charge in [-0.2, -0.15) is 0 Å². The Morgan fingerprint density at radius 2 is 1.37 bits per heavy atom. The Balaban J connectivity index is 0.000000434. The zero-order valence-corrected chi connectivity index (χ0v) is 17.3. The molecule has 0 saturated carbocycles. The van der Waals surface area contributed by atoms with Crippen molar-refractivity contribution in [2.24, 2.45) is 0 Å². The molecule has 19 heavy (non-hydrogen) atoms. The van der Waals surface area contributed by atoms with E-state index < -0.39 is 10.3 Å². The maximum atomic E-state index is 5.90. The zero-order valence-electron chi connectivity index (χ0n) is 10.4. The molecule has 0 unspecified atom stereocenters. The van der Waals surface area contributed by atoms with Gasteiger partial charge in [0.1, 0.15) is 0 Å². The second-order valence-electron chi connectivity index (χ2n) is 3.54. The molecule has 0 N–H and O–H groups in total. The van der Waals surface area contributed by atoms with Gasteiger partial charge in [0.2, 0.25) is 0 Å². The number of rotatable bonds is 1. The third-order valence-corrected chi connectivity index (χ3v) is 13.3. The van der Waals surface area contributed by atoms with Crippen LogP contribution >= 0.6 is 60.1 Å². The first-order chi connectivity index (χ1) is 8.50. The van der Waals surface area contributed by atoms with Gasteiger partial charge < -0.3 is 0 Å². The van der Waals surface area contributed by atoms with Gasteiger partial charge in [0.05, 0.1) is 0 Å². The van der Waals surface area contributed by atoms with Gasteiger partial charge >= 0.3 is 104 Å². The molecule has 1 nitrogen and oxygen atoms in total. The molecule has 8 heteroatoms. The number of aromatic nitrogens is 1. The second-order valence-corrected chi connectivity index (χ2v) is 51.8. The van der Waals surface area contributed by atoms with E-state index in [-0.39, 0.29) is 1.43 Å². The summed E-state index contributed by atoms with van der Waals surface area (Å²) >= 11 is 3.23. The topological polar surface area (TPSA) is 12.9 Å². The maximum absolute atomic E-state index is 5.90. The molecule has 0 radical (unpaired) electrons. The van der Waals surface area contributed by atoms with E-state index in [1.165, 1.54) is 0 Å². The van der Waals surface area contributed by atoms with Crippen LogP contribution in [0.2, 0.25) is 0 Å². The molecule has 1 aromatic heterocycles. The van der Waals surface area contributed by atoms with E-state index in [1.54, 1.807) is 36.7 Å². The van der Waals surface area contributed by atoms with Crippen molar-refractivity contribution in [2.75, 3.05) is 0 Å². The fourth-order valence-electron chi connectivity index (χ4n) is 1.11. The molecule has 106 valence electrons. The minimum atomic E-state index is -5.58. The van der Waals surface area contributed by atoms with Crippen LogP contribution in [0.3, 0.4) is 0 Å². The van der Waals surface area contributed by atoms with Gasteiger partial charge in [-0.3, -0.25) is 4.98 Å². The summed E-state index contributed by atoms with van der Waals surface area (Å²) in [7, 11) is 23.9. The zero-order chi connectivity index (χ0) is 14.6. The summed E-state index contributed by atoms with van der Waals surface area (Å²) < 4.78 is 0.957. The molecular formula is C11H10BrCl5NSb. The summed E-state index contributed by atoms with van der Waals surface area (Å²) in [5, 5.41) is 0. The Bertz CT molecular complexity index is 522. The van der Waals surface area contributed by atoms with E-state index in [4.69, 9.17) is 44.1 Å². The van der Waals surface area contributed by atoms with Crippen molar-refractivity contribution in [3.05, 3.63) is 59.3 Å². The van der Waals surface area contributed by atoms with Crippen molar-refractivity contribution >= 4 is 73.9 Å². The molecule has 0 spiro atoms. The average molecular weight is 535 g/mol. The van der Waals surface area contributed by atoms with Crippen molar-refractivity contribution in [3.63, 3.8) is 0 Å². The van der Waals surface area contributed by atoms with Crippen LogP contribution in [0.15, 0.2) is 59.3 Å². The standard InChI is InChI=1S/C6H4Br.C5H5N.5ClH.Sb/c7-6-4-2-1-3-5-6;1-2-4-6-5-3-1;;;;;;/h1-4H;1-5H;5*1H;/q;;;;;;;+4/p-4.